The van der Waals surface area contributed by atoms with Crippen LogP contribution < -0.4 is 5.46 Å². The first-order valence-corrected chi connectivity index (χ1v) is 9.68. The van der Waals surface area contributed by atoms with Gasteiger partial charge >= 0.3 is 7.12 Å². The summed E-state index contributed by atoms with van der Waals surface area (Å²) in [4.78, 5) is 4.57. The highest BCUT2D eigenvalue weighted by atomic mass is 16.7. The Morgan fingerprint density at radius 1 is 0.786 bits per heavy atom. The molecule has 140 valence electrons. The van der Waals surface area contributed by atoms with Crippen LogP contribution in [0.3, 0.4) is 0 Å². The Bertz CT molecular complexity index is 1170. The van der Waals surface area contributed by atoms with Crippen LogP contribution in [0.15, 0.2) is 66.9 Å². The number of fused-ring (bicyclic) bond motifs is 3. The fourth-order valence-corrected chi connectivity index (χ4v) is 3.85. The van der Waals surface area contributed by atoms with E-state index in [0.717, 1.165) is 22.3 Å². The predicted octanol–water partition coefficient (Wildman–Crippen LogP) is 4.48. The van der Waals surface area contributed by atoms with Crippen molar-refractivity contribution in [1.29, 1.82) is 0 Å². The first kappa shape index (κ1) is 17.5. The first-order chi connectivity index (χ1) is 13.4. The van der Waals surface area contributed by atoms with Gasteiger partial charge in [-0.3, -0.25) is 4.57 Å². The number of hydrogen-bond donors (Lipinski definition) is 0. The zero-order chi connectivity index (χ0) is 19.5. The van der Waals surface area contributed by atoms with Crippen LogP contribution in [0.4, 0.5) is 0 Å². The van der Waals surface area contributed by atoms with Crippen molar-refractivity contribution < 1.29 is 9.31 Å². The van der Waals surface area contributed by atoms with Gasteiger partial charge in [0, 0.05) is 17.0 Å². The standard InChI is InChI=1S/C23H23BN2O2/c1-22(2)23(3,4)28-24(27-22)16-12-13-20-18(15-16)17-9-5-6-10-19(17)26(20)21-11-7-8-14-25-21/h5-15H,1-4H3. The van der Waals surface area contributed by atoms with Crippen molar-refractivity contribution in [3.8, 4) is 5.82 Å². The maximum absolute atomic E-state index is 6.26. The lowest BCUT2D eigenvalue weighted by Crippen LogP contribution is -2.41. The quantitative estimate of drug-likeness (QED) is 0.488. The van der Waals surface area contributed by atoms with Crippen molar-refractivity contribution in [1.82, 2.24) is 9.55 Å². The molecular weight excluding hydrogens is 347 g/mol. The topological polar surface area (TPSA) is 36.3 Å². The predicted molar refractivity (Wildman–Crippen MR) is 114 cm³/mol. The van der Waals surface area contributed by atoms with Gasteiger partial charge in [0.25, 0.3) is 0 Å². The molecule has 0 aliphatic carbocycles. The minimum atomic E-state index is -0.369. The first-order valence-electron chi connectivity index (χ1n) is 9.68. The van der Waals surface area contributed by atoms with E-state index in [1.807, 2.05) is 24.4 Å². The largest absolute Gasteiger partial charge is 0.494 e. The molecule has 0 atom stereocenters. The minimum Gasteiger partial charge on any atom is -0.399 e. The Hall–Kier alpha value is -2.63. The molecule has 0 unspecified atom stereocenters. The van der Waals surface area contributed by atoms with E-state index in [0.29, 0.717) is 0 Å². The number of aromatic nitrogens is 2. The van der Waals surface area contributed by atoms with Gasteiger partial charge in [-0.2, -0.15) is 0 Å². The minimum absolute atomic E-state index is 0.353. The van der Waals surface area contributed by atoms with Crippen LogP contribution in [0.25, 0.3) is 27.6 Å². The molecule has 0 saturated carbocycles. The summed E-state index contributed by atoms with van der Waals surface area (Å²) in [5.74, 6) is 0.914. The highest BCUT2D eigenvalue weighted by molar-refractivity contribution is 6.62. The van der Waals surface area contributed by atoms with E-state index < -0.39 is 0 Å². The summed E-state index contributed by atoms with van der Waals surface area (Å²) in [5.41, 5.74) is 2.60. The zero-order valence-electron chi connectivity index (χ0n) is 16.6. The maximum atomic E-state index is 6.26. The van der Waals surface area contributed by atoms with Gasteiger partial charge in [0.2, 0.25) is 0 Å². The molecule has 0 spiro atoms. The SMILES string of the molecule is CC1(C)OB(c2ccc3c(c2)c2ccccc2n3-c2ccccn2)OC1(C)C. The molecule has 2 aromatic heterocycles. The molecule has 1 fully saturated rings. The molecule has 28 heavy (non-hydrogen) atoms. The van der Waals surface area contributed by atoms with Gasteiger partial charge in [-0.1, -0.05) is 36.4 Å². The molecule has 5 rings (SSSR count). The molecular formula is C23H23BN2O2. The van der Waals surface area contributed by atoms with Crippen molar-refractivity contribution in [2.24, 2.45) is 0 Å². The van der Waals surface area contributed by atoms with E-state index in [1.165, 1.54) is 10.8 Å². The third-order valence-electron chi connectivity index (χ3n) is 6.10. The Kier molecular flexibility index (Phi) is 3.70. The second-order valence-electron chi connectivity index (χ2n) is 8.41. The number of nitrogens with zero attached hydrogens (tertiary/aromatic N) is 2. The van der Waals surface area contributed by atoms with Gasteiger partial charge < -0.3 is 9.31 Å². The summed E-state index contributed by atoms with van der Waals surface area (Å²) < 4.78 is 14.7. The summed E-state index contributed by atoms with van der Waals surface area (Å²) in [6, 6.07) is 20.9. The van der Waals surface area contributed by atoms with Crippen molar-refractivity contribution in [3.63, 3.8) is 0 Å². The lowest BCUT2D eigenvalue weighted by atomic mass is 9.78. The second-order valence-corrected chi connectivity index (χ2v) is 8.41. The second kappa shape index (κ2) is 5.93. The van der Waals surface area contributed by atoms with E-state index in [9.17, 15) is 0 Å². The van der Waals surface area contributed by atoms with Crippen molar-refractivity contribution in [2.45, 2.75) is 38.9 Å². The number of pyridine rings is 1. The zero-order valence-corrected chi connectivity index (χ0v) is 16.6. The van der Waals surface area contributed by atoms with Crippen LogP contribution in [-0.2, 0) is 9.31 Å². The van der Waals surface area contributed by atoms with E-state index in [4.69, 9.17) is 9.31 Å². The highest BCUT2D eigenvalue weighted by Crippen LogP contribution is 2.37. The van der Waals surface area contributed by atoms with Crippen LogP contribution in [0, 0.1) is 0 Å². The summed E-state index contributed by atoms with van der Waals surface area (Å²) >= 11 is 0. The number of para-hydroxylation sites is 1. The molecule has 0 N–H and O–H groups in total. The molecule has 1 saturated heterocycles. The fourth-order valence-electron chi connectivity index (χ4n) is 3.85. The lowest BCUT2D eigenvalue weighted by Gasteiger charge is -2.32. The van der Waals surface area contributed by atoms with Gasteiger partial charge in [0.1, 0.15) is 5.82 Å². The fraction of sp³-hybridized carbons (Fsp3) is 0.261. The molecule has 5 heteroatoms. The Balaban J connectivity index is 1.71. The highest BCUT2D eigenvalue weighted by Gasteiger charge is 2.51. The van der Waals surface area contributed by atoms with E-state index in [-0.39, 0.29) is 18.3 Å². The Labute approximate surface area is 165 Å². The Morgan fingerprint density at radius 2 is 1.46 bits per heavy atom. The van der Waals surface area contributed by atoms with Crippen LogP contribution in [0.5, 0.6) is 0 Å². The van der Waals surface area contributed by atoms with E-state index in [2.05, 4.69) is 79.7 Å². The molecule has 4 nitrogen and oxygen atoms in total. The van der Waals surface area contributed by atoms with Gasteiger partial charge in [-0.15, -0.1) is 0 Å². The van der Waals surface area contributed by atoms with Crippen molar-refractivity contribution in [2.75, 3.05) is 0 Å². The van der Waals surface area contributed by atoms with Gasteiger partial charge in [0.05, 0.1) is 22.2 Å². The number of rotatable bonds is 2. The monoisotopic (exact) mass is 370 g/mol. The number of hydrogen-bond acceptors (Lipinski definition) is 3. The molecule has 4 aromatic rings. The molecule has 0 radical (unpaired) electrons. The number of benzene rings is 2. The van der Waals surface area contributed by atoms with Crippen LogP contribution in [0.1, 0.15) is 27.7 Å². The maximum Gasteiger partial charge on any atom is 0.494 e. The van der Waals surface area contributed by atoms with Crippen molar-refractivity contribution >= 4 is 34.4 Å². The Morgan fingerprint density at radius 3 is 2.18 bits per heavy atom. The van der Waals surface area contributed by atoms with Gasteiger partial charge in [-0.05, 0) is 57.4 Å². The van der Waals surface area contributed by atoms with Crippen LogP contribution >= 0.6 is 0 Å². The summed E-state index contributed by atoms with van der Waals surface area (Å²) in [5, 5.41) is 2.37. The molecule has 1 aliphatic rings. The van der Waals surface area contributed by atoms with Crippen LogP contribution in [0.2, 0.25) is 0 Å². The van der Waals surface area contributed by atoms with Crippen LogP contribution in [-0.4, -0.2) is 27.9 Å². The van der Waals surface area contributed by atoms with Gasteiger partial charge in [0.15, 0.2) is 0 Å². The summed E-state index contributed by atoms with van der Waals surface area (Å²) in [7, 11) is -0.369. The van der Waals surface area contributed by atoms with E-state index >= 15 is 0 Å². The average Bonchev–Trinajstić information content (AvgIpc) is 3.12. The lowest BCUT2D eigenvalue weighted by molar-refractivity contribution is 0.00578. The molecule has 0 bridgehead atoms. The summed E-state index contributed by atoms with van der Waals surface area (Å²) in [6.45, 7) is 8.33. The third kappa shape index (κ3) is 2.50. The van der Waals surface area contributed by atoms with Crippen molar-refractivity contribution in [3.05, 3.63) is 66.9 Å². The van der Waals surface area contributed by atoms with Gasteiger partial charge in [-0.25, -0.2) is 4.98 Å². The molecule has 3 heterocycles. The molecule has 0 amide bonds. The molecule has 1 aliphatic heterocycles. The average molecular weight is 370 g/mol. The van der Waals surface area contributed by atoms with E-state index in [1.54, 1.807) is 0 Å². The third-order valence-corrected chi connectivity index (χ3v) is 6.10. The smallest absolute Gasteiger partial charge is 0.399 e. The normalized spacial score (nSPS) is 18.2. The molecule has 2 aromatic carbocycles. The summed E-state index contributed by atoms with van der Waals surface area (Å²) in [6.07, 6.45) is 1.83.